The van der Waals surface area contributed by atoms with Gasteiger partial charge < -0.3 is 15.3 Å². The molecule has 3 aromatic rings. The van der Waals surface area contributed by atoms with E-state index >= 15 is 0 Å². The molecule has 0 atom stereocenters. The van der Waals surface area contributed by atoms with Crippen molar-refractivity contribution in [2.75, 3.05) is 0 Å². The van der Waals surface area contributed by atoms with Crippen molar-refractivity contribution in [1.82, 2.24) is 0 Å². The Bertz CT molecular complexity index is 897. The normalized spacial score (nSPS) is 12.0. The Labute approximate surface area is 127 Å². The smallest absolute Gasteiger partial charge is 0.169 e. The van der Waals surface area contributed by atoms with E-state index in [1.54, 1.807) is 0 Å². The van der Waals surface area contributed by atoms with Crippen molar-refractivity contribution in [1.29, 1.82) is 0 Å². The zero-order valence-corrected chi connectivity index (χ0v) is 11.7. The first kappa shape index (κ1) is 12.8. The second-order valence-corrected chi connectivity index (χ2v) is 5.49. The number of fused-ring (bicyclic) bond motifs is 3. The lowest BCUT2D eigenvalue weighted by atomic mass is 9.94. The van der Waals surface area contributed by atoms with Crippen LogP contribution < -0.4 is 0 Å². The van der Waals surface area contributed by atoms with Crippen LogP contribution in [0.25, 0.3) is 22.3 Å². The van der Waals surface area contributed by atoms with Gasteiger partial charge in [0.1, 0.15) is 5.75 Å². The first-order valence-corrected chi connectivity index (χ1v) is 7.11. The lowest BCUT2D eigenvalue weighted by Gasteiger charge is -2.13. The molecular formula is C19H14O3. The number of phenols is 3. The van der Waals surface area contributed by atoms with Crippen molar-refractivity contribution in [3.63, 3.8) is 0 Å². The zero-order valence-electron chi connectivity index (χ0n) is 11.7. The average molecular weight is 290 g/mol. The lowest BCUT2D eigenvalue weighted by molar-refractivity contribution is 0.398. The minimum atomic E-state index is -0.288. The standard InChI is InChI=1S/C19H14O3/c20-16-8-9-17(21)19(22)18(16)14-7-3-6-13-12-5-2-1-4-11(12)10-15(13)14/h1-9,20-22H,10H2. The van der Waals surface area contributed by atoms with Crippen molar-refractivity contribution in [3.05, 3.63) is 65.7 Å². The third-order valence-electron chi connectivity index (χ3n) is 4.25. The van der Waals surface area contributed by atoms with E-state index in [4.69, 9.17) is 0 Å². The van der Waals surface area contributed by atoms with Crippen molar-refractivity contribution < 1.29 is 15.3 Å². The third-order valence-corrected chi connectivity index (χ3v) is 4.25. The summed E-state index contributed by atoms with van der Waals surface area (Å²) in [4.78, 5) is 0. The molecule has 3 N–H and O–H groups in total. The predicted molar refractivity (Wildman–Crippen MR) is 85.1 cm³/mol. The lowest BCUT2D eigenvalue weighted by Crippen LogP contribution is -1.89. The molecule has 0 radical (unpaired) electrons. The van der Waals surface area contributed by atoms with Gasteiger partial charge in [0.25, 0.3) is 0 Å². The Morgan fingerprint density at radius 3 is 2.18 bits per heavy atom. The van der Waals surface area contributed by atoms with Crippen LogP contribution in [-0.2, 0) is 6.42 Å². The summed E-state index contributed by atoms with van der Waals surface area (Å²) in [6, 6.07) is 16.7. The third kappa shape index (κ3) is 1.69. The molecule has 0 saturated carbocycles. The molecule has 0 fully saturated rings. The second kappa shape index (κ2) is 4.53. The van der Waals surface area contributed by atoms with E-state index in [1.165, 1.54) is 23.3 Å². The predicted octanol–water partition coefficient (Wildman–Crippen LogP) is 4.04. The second-order valence-electron chi connectivity index (χ2n) is 5.49. The Morgan fingerprint density at radius 2 is 1.32 bits per heavy atom. The number of phenolic OH excluding ortho intramolecular Hbond substituents is 3. The van der Waals surface area contributed by atoms with Gasteiger partial charge in [-0.25, -0.2) is 0 Å². The van der Waals surface area contributed by atoms with Crippen molar-refractivity contribution in [2.45, 2.75) is 6.42 Å². The molecule has 3 nitrogen and oxygen atoms in total. The summed E-state index contributed by atoms with van der Waals surface area (Å²) in [7, 11) is 0. The molecule has 108 valence electrons. The monoisotopic (exact) mass is 290 g/mol. The van der Waals surface area contributed by atoms with E-state index in [1.807, 2.05) is 30.3 Å². The maximum atomic E-state index is 10.2. The number of aromatic hydroxyl groups is 3. The van der Waals surface area contributed by atoms with E-state index < -0.39 is 0 Å². The van der Waals surface area contributed by atoms with Crippen molar-refractivity contribution in [3.8, 4) is 39.5 Å². The molecule has 0 aromatic heterocycles. The number of hydrogen-bond donors (Lipinski definition) is 3. The minimum Gasteiger partial charge on any atom is -0.507 e. The van der Waals surface area contributed by atoms with E-state index in [-0.39, 0.29) is 22.8 Å². The topological polar surface area (TPSA) is 60.7 Å². The van der Waals surface area contributed by atoms with Gasteiger partial charge in [-0.1, -0.05) is 42.5 Å². The van der Waals surface area contributed by atoms with Gasteiger partial charge in [0.2, 0.25) is 0 Å². The first-order chi connectivity index (χ1) is 10.7. The highest BCUT2D eigenvalue weighted by molar-refractivity contribution is 5.89. The quantitative estimate of drug-likeness (QED) is 0.366. The molecule has 3 aromatic carbocycles. The fourth-order valence-electron chi connectivity index (χ4n) is 3.23. The molecule has 0 bridgehead atoms. The maximum absolute atomic E-state index is 10.2. The maximum Gasteiger partial charge on any atom is 0.169 e. The van der Waals surface area contributed by atoms with E-state index in [9.17, 15) is 15.3 Å². The molecule has 0 heterocycles. The molecule has 1 aliphatic carbocycles. The van der Waals surface area contributed by atoms with Crippen molar-refractivity contribution >= 4 is 0 Å². The van der Waals surface area contributed by atoms with Gasteiger partial charge in [-0.3, -0.25) is 0 Å². The fourth-order valence-corrected chi connectivity index (χ4v) is 3.23. The van der Waals surface area contributed by atoms with Crippen LogP contribution in [0.1, 0.15) is 11.1 Å². The summed E-state index contributed by atoms with van der Waals surface area (Å²) >= 11 is 0. The Balaban J connectivity index is 2.00. The molecule has 0 spiro atoms. The van der Waals surface area contributed by atoms with Crippen LogP contribution in [0.15, 0.2) is 54.6 Å². The molecule has 3 heteroatoms. The molecule has 4 rings (SSSR count). The first-order valence-electron chi connectivity index (χ1n) is 7.11. The summed E-state index contributed by atoms with van der Waals surface area (Å²) in [6.07, 6.45) is 0.746. The molecule has 1 aliphatic rings. The molecular weight excluding hydrogens is 276 g/mol. The summed E-state index contributed by atoms with van der Waals surface area (Å²) in [5.41, 5.74) is 5.60. The largest absolute Gasteiger partial charge is 0.507 e. The van der Waals surface area contributed by atoms with Gasteiger partial charge in [0.05, 0.1) is 5.56 Å². The summed E-state index contributed by atoms with van der Waals surface area (Å²) < 4.78 is 0. The van der Waals surface area contributed by atoms with Gasteiger partial charge in [-0.05, 0) is 46.4 Å². The van der Waals surface area contributed by atoms with Crippen LogP contribution in [0.2, 0.25) is 0 Å². The van der Waals surface area contributed by atoms with Gasteiger partial charge in [-0.2, -0.15) is 0 Å². The van der Waals surface area contributed by atoms with Crippen LogP contribution in [0, 0.1) is 0 Å². The van der Waals surface area contributed by atoms with Crippen LogP contribution in [0.4, 0.5) is 0 Å². The summed E-state index contributed by atoms with van der Waals surface area (Å²) in [5.74, 6) is -0.565. The van der Waals surface area contributed by atoms with Crippen LogP contribution >= 0.6 is 0 Å². The van der Waals surface area contributed by atoms with Crippen molar-refractivity contribution in [2.24, 2.45) is 0 Å². The molecule has 22 heavy (non-hydrogen) atoms. The van der Waals surface area contributed by atoms with Gasteiger partial charge in [-0.15, -0.1) is 0 Å². The molecule has 0 aliphatic heterocycles. The Kier molecular flexibility index (Phi) is 2.63. The Morgan fingerprint density at radius 1 is 0.636 bits per heavy atom. The van der Waals surface area contributed by atoms with Crippen LogP contribution in [-0.4, -0.2) is 15.3 Å². The van der Waals surface area contributed by atoms with Gasteiger partial charge in [0.15, 0.2) is 11.5 Å². The highest BCUT2D eigenvalue weighted by atomic mass is 16.3. The zero-order chi connectivity index (χ0) is 15.3. The highest BCUT2D eigenvalue weighted by Gasteiger charge is 2.24. The van der Waals surface area contributed by atoms with E-state index in [0.717, 1.165) is 23.1 Å². The summed E-state index contributed by atoms with van der Waals surface area (Å²) in [5, 5.41) is 30.1. The van der Waals surface area contributed by atoms with Crippen LogP contribution in [0.3, 0.4) is 0 Å². The van der Waals surface area contributed by atoms with Gasteiger partial charge in [0, 0.05) is 0 Å². The van der Waals surface area contributed by atoms with E-state index in [2.05, 4.69) is 12.1 Å². The SMILES string of the molecule is Oc1ccc(O)c(-c2cccc3c2Cc2ccccc2-3)c1O. The molecule has 0 unspecified atom stereocenters. The fraction of sp³-hybridized carbons (Fsp3) is 0.0526. The summed E-state index contributed by atoms with van der Waals surface area (Å²) in [6.45, 7) is 0. The average Bonchev–Trinajstić information content (AvgIpc) is 2.91. The van der Waals surface area contributed by atoms with Gasteiger partial charge >= 0.3 is 0 Å². The highest BCUT2D eigenvalue weighted by Crippen LogP contribution is 2.48. The number of benzene rings is 3. The number of rotatable bonds is 1. The minimum absolute atomic E-state index is 0.0420. The molecule has 0 amide bonds. The molecule has 0 saturated heterocycles. The van der Waals surface area contributed by atoms with E-state index in [0.29, 0.717) is 0 Å². The number of hydrogen-bond acceptors (Lipinski definition) is 3. The Hall–Kier alpha value is -2.94. The van der Waals surface area contributed by atoms with Crippen LogP contribution in [0.5, 0.6) is 17.2 Å².